The Kier molecular flexibility index (Phi) is 3.89. The number of benzene rings is 3. The fraction of sp³-hybridized carbons (Fsp3) is 0.136. The van der Waals surface area contributed by atoms with Gasteiger partial charge in [0.15, 0.2) is 0 Å². The second kappa shape index (κ2) is 6.35. The number of carbonyl (C=O) groups excluding carboxylic acids is 1. The smallest absolute Gasteiger partial charge is 0.265 e. The van der Waals surface area contributed by atoms with E-state index in [0.29, 0.717) is 16.8 Å². The van der Waals surface area contributed by atoms with Gasteiger partial charge in [0.05, 0.1) is 16.6 Å². The quantitative estimate of drug-likeness (QED) is 0.556. The van der Waals surface area contributed by atoms with Crippen molar-refractivity contribution in [1.29, 1.82) is 0 Å². The number of fused-ring (bicyclic) bond motifs is 1. The summed E-state index contributed by atoms with van der Waals surface area (Å²) in [6.07, 6.45) is 0. The van der Waals surface area contributed by atoms with Gasteiger partial charge < -0.3 is 9.73 Å². The Morgan fingerprint density at radius 3 is 2.55 bits per heavy atom. The summed E-state index contributed by atoms with van der Waals surface area (Å²) in [4.78, 5) is 12.9. The van der Waals surface area contributed by atoms with E-state index in [1.807, 2.05) is 49.4 Å². The predicted molar refractivity (Wildman–Crippen MR) is 111 cm³/mol. The van der Waals surface area contributed by atoms with E-state index in [9.17, 15) is 13.2 Å². The highest BCUT2D eigenvalue weighted by Gasteiger charge is 2.36. The van der Waals surface area contributed by atoms with Crippen molar-refractivity contribution in [3.8, 4) is 0 Å². The Morgan fingerprint density at radius 1 is 1.03 bits per heavy atom. The summed E-state index contributed by atoms with van der Waals surface area (Å²) in [5, 5.41) is 5.29. The molecule has 1 aliphatic heterocycles. The summed E-state index contributed by atoms with van der Waals surface area (Å²) in [6.45, 7) is 1.52. The fourth-order valence-corrected chi connectivity index (χ4v) is 5.50. The first kappa shape index (κ1) is 17.8. The maximum Gasteiger partial charge on any atom is 0.265 e. The molecule has 0 bridgehead atoms. The lowest BCUT2D eigenvalue weighted by Gasteiger charge is -2.19. The maximum atomic E-state index is 13.0. The van der Waals surface area contributed by atoms with Crippen molar-refractivity contribution >= 4 is 43.4 Å². The number of para-hydroxylation sites is 1. The van der Waals surface area contributed by atoms with Crippen LogP contribution < -0.4 is 9.62 Å². The second-order valence-corrected chi connectivity index (χ2v) is 8.95. The van der Waals surface area contributed by atoms with Crippen molar-refractivity contribution in [2.75, 3.05) is 10.8 Å². The van der Waals surface area contributed by atoms with Crippen molar-refractivity contribution in [3.63, 3.8) is 0 Å². The van der Waals surface area contributed by atoms with Crippen LogP contribution in [0, 0.1) is 0 Å². The number of furan rings is 1. The summed E-state index contributed by atoms with van der Waals surface area (Å²) < 4.78 is 33.0. The third-order valence-corrected chi connectivity index (χ3v) is 7.02. The monoisotopic (exact) mass is 406 g/mol. The van der Waals surface area contributed by atoms with E-state index in [2.05, 4.69) is 5.32 Å². The van der Waals surface area contributed by atoms with Crippen molar-refractivity contribution in [2.24, 2.45) is 0 Å². The van der Waals surface area contributed by atoms with E-state index in [-0.39, 0.29) is 11.4 Å². The van der Waals surface area contributed by atoms with Crippen LogP contribution in [0.3, 0.4) is 0 Å². The van der Waals surface area contributed by atoms with Gasteiger partial charge in [-0.25, -0.2) is 8.42 Å². The molecule has 0 saturated carbocycles. The Morgan fingerprint density at radius 2 is 1.76 bits per heavy atom. The Bertz CT molecular complexity index is 1340. The number of anilines is 1. The minimum atomic E-state index is -3.77. The standard InChI is InChI=1S/C22H18N2O4S/c1-14(19-12-16-6-2-3-10-18(16)28-19)23-21(25)13-24-17-9-4-7-15-8-5-11-20(22(15)17)29(24,26)27/h2-12,14H,13H2,1H3,(H,23,25)/t14-/m1/s1. The molecule has 0 unspecified atom stereocenters. The van der Waals surface area contributed by atoms with Crippen molar-refractivity contribution in [3.05, 3.63) is 72.5 Å². The van der Waals surface area contributed by atoms with Gasteiger partial charge in [-0.05, 0) is 36.6 Å². The topological polar surface area (TPSA) is 79.6 Å². The lowest BCUT2D eigenvalue weighted by Crippen LogP contribution is -2.39. The lowest BCUT2D eigenvalue weighted by atomic mass is 10.1. The van der Waals surface area contributed by atoms with E-state index < -0.39 is 22.0 Å². The van der Waals surface area contributed by atoms with Crippen LogP contribution in [0.1, 0.15) is 18.7 Å². The zero-order valence-corrected chi connectivity index (χ0v) is 16.4. The molecule has 7 heteroatoms. The zero-order valence-electron chi connectivity index (χ0n) is 15.6. The molecule has 1 N–H and O–H groups in total. The molecule has 5 rings (SSSR count). The first-order chi connectivity index (χ1) is 13.9. The van der Waals surface area contributed by atoms with Crippen LogP contribution in [0.4, 0.5) is 5.69 Å². The number of hydrogen-bond acceptors (Lipinski definition) is 4. The van der Waals surface area contributed by atoms with E-state index >= 15 is 0 Å². The molecule has 4 aromatic rings. The molecule has 1 amide bonds. The van der Waals surface area contributed by atoms with Gasteiger partial charge in [-0.3, -0.25) is 9.10 Å². The third kappa shape index (κ3) is 2.77. The van der Waals surface area contributed by atoms with Crippen LogP contribution in [-0.4, -0.2) is 20.9 Å². The summed E-state index contributed by atoms with van der Waals surface area (Å²) >= 11 is 0. The van der Waals surface area contributed by atoms with E-state index in [4.69, 9.17) is 4.42 Å². The minimum absolute atomic E-state index is 0.240. The average Bonchev–Trinajstić information content (AvgIpc) is 3.23. The molecule has 0 fully saturated rings. The molecular formula is C22H18N2O4S. The van der Waals surface area contributed by atoms with Gasteiger partial charge in [-0.2, -0.15) is 0 Å². The van der Waals surface area contributed by atoms with Crippen molar-refractivity contribution in [2.45, 2.75) is 17.9 Å². The van der Waals surface area contributed by atoms with E-state index in [1.54, 1.807) is 24.3 Å². The highest BCUT2D eigenvalue weighted by Crippen LogP contribution is 2.41. The predicted octanol–water partition coefficient (Wildman–Crippen LogP) is 3.97. The number of amides is 1. The van der Waals surface area contributed by atoms with Gasteiger partial charge in [-0.1, -0.05) is 42.5 Å². The molecule has 0 spiro atoms. The zero-order chi connectivity index (χ0) is 20.2. The van der Waals surface area contributed by atoms with Crippen molar-refractivity contribution < 1.29 is 17.6 Å². The normalized spacial score (nSPS) is 15.7. The highest BCUT2D eigenvalue weighted by molar-refractivity contribution is 7.93. The molecule has 1 aliphatic rings. The van der Waals surface area contributed by atoms with Gasteiger partial charge in [-0.15, -0.1) is 0 Å². The number of sulfonamides is 1. The summed E-state index contributed by atoms with van der Waals surface area (Å²) in [6, 6.07) is 19.6. The molecule has 146 valence electrons. The molecule has 0 aliphatic carbocycles. The fourth-order valence-electron chi connectivity index (χ4n) is 3.83. The SMILES string of the molecule is C[C@@H](NC(=O)CN1c2cccc3cccc(c23)S1(=O)=O)c1cc2ccccc2o1. The first-order valence-electron chi connectivity index (χ1n) is 9.27. The van der Waals surface area contributed by atoms with Gasteiger partial charge >= 0.3 is 0 Å². The molecular weight excluding hydrogens is 388 g/mol. The lowest BCUT2D eigenvalue weighted by molar-refractivity contribution is -0.120. The van der Waals surface area contributed by atoms with Gasteiger partial charge in [0.2, 0.25) is 5.91 Å². The molecule has 0 saturated heterocycles. The highest BCUT2D eigenvalue weighted by atomic mass is 32.2. The third-order valence-electron chi connectivity index (χ3n) is 5.22. The molecule has 1 aromatic heterocycles. The summed E-state index contributed by atoms with van der Waals surface area (Å²) in [5.74, 6) is 0.223. The molecule has 1 atom stereocenters. The number of nitrogens with zero attached hydrogens (tertiary/aromatic N) is 1. The van der Waals surface area contributed by atoms with E-state index in [1.165, 1.54) is 4.31 Å². The van der Waals surface area contributed by atoms with Crippen LogP contribution in [0.5, 0.6) is 0 Å². The van der Waals surface area contributed by atoms with Crippen LogP contribution in [0.2, 0.25) is 0 Å². The number of nitrogens with one attached hydrogen (secondary N) is 1. The summed E-state index contributed by atoms with van der Waals surface area (Å²) in [5.41, 5.74) is 1.28. The molecule has 29 heavy (non-hydrogen) atoms. The Balaban J connectivity index is 1.40. The number of carbonyl (C=O) groups is 1. The molecule has 3 aromatic carbocycles. The van der Waals surface area contributed by atoms with Gasteiger partial charge in [0.25, 0.3) is 10.0 Å². The molecule has 0 radical (unpaired) electrons. The second-order valence-electron chi connectivity index (χ2n) is 7.12. The van der Waals surface area contributed by atoms with E-state index in [0.717, 1.165) is 16.4 Å². The van der Waals surface area contributed by atoms with Crippen LogP contribution in [-0.2, 0) is 14.8 Å². The Labute approximate surface area is 167 Å². The summed E-state index contributed by atoms with van der Waals surface area (Å²) in [7, 11) is -3.77. The van der Waals surface area contributed by atoms with Gasteiger partial charge in [0, 0.05) is 10.8 Å². The maximum absolute atomic E-state index is 13.0. The van der Waals surface area contributed by atoms with Crippen LogP contribution in [0.25, 0.3) is 21.7 Å². The number of hydrogen-bond donors (Lipinski definition) is 1. The van der Waals surface area contributed by atoms with Crippen LogP contribution >= 0.6 is 0 Å². The largest absolute Gasteiger partial charge is 0.459 e. The van der Waals surface area contributed by atoms with Crippen molar-refractivity contribution in [1.82, 2.24) is 5.32 Å². The number of rotatable bonds is 4. The first-order valence-corrected chi connectivity index (χ1v) is 10.7. The average molecular weight is 406 g/mol. The van der Waals surface area contributed by atoms with Gasteiger partial charge in [0.1, 0.15) is 17.9 Å². The Hall–Kier alpha value is -3.32. The minimum Gasteiger partial charge on any atom is -0.459 e. The molecule has 2 heterocycles. The van der Waals surface area contributed by atoms with Crippen LogP contribution in [0.15, 0.2) is 76.0 Å². The molecule has 6 nitrogen and oxygen atoms in total.